The van der Waals surface area contributed by atoms with Crippen LogP contribution in [0.4, 0.5) is 52.7 Å². The maximum absolute atomic E-state index is 14.6. The van der Waals surface area contributed by atoms with Crippen molar-refractivity contribution < 1.29 is 60.5 Å². The van der Waals surface area contributed by atoms with Crippen molar-refractivity contribution in [1.29, 1.82) is 0 Å². The molecule has 0 aliphatic rings. The van der Waals surface area contributed by atoms with Crippen molar-refractivity contribution in [3.05, 3.63) is 34.1 Å². The van der Waals surface area contributed by atoms with Crippen LogP contribution in [-0.2, 0) is 20.2 Å². The first-order valence-electron chi connectivity index (χ1n) is 8.33. The van der Waals surface area contributed by atoms with E-state index in [2.05, 4.69) is 3.07 Å². The summed E-state index contributed by atoms with van der Waals surface area (Å²) in [5.41, 5.74) is -10.2. The Bertz CT molecular complexity index is 824. The summed E-state index contributed by atoms with van der Waals surface area (Å²) >= 11 is 0.639. The van der Waals surface area contributed by atoms with E-state index >= 15 is 0 Å². The third-order valence-electron chi connectivity index (χ3n) is 4.44. The molecule has 0 radical (unpaired) electrons. The fourth-order valence-corrected chi connectivity index (χ4v) is 3.86. The van der Waals surface area contributed by atoms with Gasteiger partial charge >= 0.3 is 18.5 Å². The normalized spacial score (nSPS) is 16.8. The molecule has 0 bridgehead atoms. The van der Waals surface area contributed by atoms with E-state index < -0.39 is 76.2 Å². The van der Waals surface area contributed by atoms with Crippen molar-refractivity contribution in [2.75, 3.05) is 7.11 Å². The molecule has 3 unspecified atom stereocenters. The summed E-state index contributed by atoms with van der Waals surface area (Å²) in [7, 11) is 0.744. The van der Waals surface area contributed by atoms with Gasteiger partial charge in [0.05, 0.1) is 6.10 Å². The van der Waals surface area contributed by atoms with Crippen LogP contribution >= 0.6 is 23.0 Å². The number of hydrogen-bond acceptors (Lipinski definition) is 2. The molecule has 3 atom stereocenters. The molecule has 0 heterocycles. The van der Waals surface area contributed by atoms with E-state index in [-0.39, 0.29) is 0 Å². The van der Waals surface area contributed by atoms with Gasteiger partial charge in [-0.05, 0) is 5.41 Å². The van der Waals surface area contributed by atoms with Gasteiger partial charge in [-0.1, -0.05) is 20.8 Å². The SMILES string of the molecule is COC(C(C(OI)c1c(F)c(F)c(C(F)(F)F)c(F)c1C(F)(F)F)C(F)(F)F)C(C)(C)C. The molecule has 32 heavy (non-hydrogen) atoms. The van der Waals surface area contributed by atoms with E-state index in [4.69, 9.17) is 4.74 Å². The lowest BCUT2D eigenvalue weighted by Gasteiger charge is -2.40. The quantitative estimate of drug-likeness (QED) is 0.194. The number of halogens is 13. The Kier molecular flexibility index (Phi) is 8.49. The first-order chi connectivity index (χ1) is 14.1. The number of benzene rings is 1. The van der Waals surface area contributed by atoms with Gasteiger partial charge in [0, 0.05) is 12.7 Å². The molecule has 186 valence electrons. The van der Waals surface area contributed by atoms with Crippen molar-refractivity contribution in [2.45, 2.75) is 51.5 Å². The van der Waals surface area contributed by atoms with Crippen molar-refractivity contribution in [3.8, 4) is 0 Å². The zero-order valence-corrected chi connectivity index (χ0v) is 18.6. The second-order valence-electron chi connectivity index (χ2n) is 7.70. The molecular weight excluding hydrogens is 591 g/mol. The Hall–Kier alpha value is -0.970. The Morgan fingerprint density at radius 2 is 1.16 bits per heavy atom. The van der Waals surface area contributed by atoms with Crippen LogP contribution in [0.5, 0.6) is 0 Å². The summed E-state index contributed by atoms with van der Waals surface area (Å²) in [5, 5.41) is 0. The van der Waals surface area contributed by atoms with E-state index in [9.17, 15) is 52.7 Å². The second-order valence-corrected chi connectivity index (χ2v) is 8.21. The van der Waals surface area contributed by atoms with Gasteiger partial charge in [0.2, 0.25) is 0 Å². The van der Waals surface area contributed by atoms with Crippen LogP contribution in [0, 0.1) is 28.8 Å². The monoisotopic (exact) mass is 606 g/mol. The van der Waals surface area contributed by atoms with E-state index in [1.807, 2.05) is 0 Å². The summed E-state index contributed by atoms with van der Waals surface area (Å²) in [6.45, 7) is 3.50. The number of hydrogen-bond donors (Lipinski definition) is 0. The lowest BCUT2D eigenvalue weighted by atomic mass is 9.76. The molecule has 0 N–H and O–H groups in total. The van der Waals surface area contributed by atoms with Crippen LogP contribution in [0.2, 0.25) is 0 Å². The van der Waals surface area contributed by atoms with Crippen LogP contribution in [-0.4, -0.2) is 19.4 Å². The first kappa shape index (κ1) is 29.1. The van der Waals surface area contributed by atoms with Crippen LogP contribution in [0.25, 0.3) is 0 Å². The van der Waals surface area contributed by atoms with Crippen molar-refractivity contribution in [2.24, 2.45) is 11.3 Å². The largest absolute Gasteiger partial charge is 0.422 e. The minimum absolute atomic E-state index is 0.639. The first-order valence-corrected chi connectivity index (χ1v) is 9.22. The molecule has 0 spiro atoms. The lowest BCUT2D eigenvalue weighted by Crippen LogP contribution is -2.47. The Morgan fingerprint density at radius 3 is 1.44 bits per heavy atom. The molecule has 1 rings (SSSR count). The molecule has 0 saturated heterocycles. The lowest BCUT2D eigenvalue weighted by molar-refractivity contribution is -0.239. The summed E-state index contributed by atoms with van der Waals surface area (Å²) in [6, 6.07) is 0. The molecule has 1 aromatic rings. The zero-order chi connectivity index (χ0) is 25.6. The highest BCUT2D eigenvalue weighted by atomic mass is 127. The van der Waals surface area contributed by atoms with Crippen LogP contribution in [0.15, 0.2) is 0 Å². The van der Waals surface area contributed by atoms with Crippen LogP contribution < -0.4 is 0 Å². The van der Waals surface area contributed by atoms with Crippen LogP contribution in [0.1, 0.15) is 43.6 Å². The van der Waals surface area contributed by atoms with E-state index in [1.165, 1.54) is 20.8 Å². The summed E-state index contributed by atoms with van der Waals surface area (Å²) in [5.74, 6) is -12.6. The number of rotatable bonds is 5. The molecule has 0 aliphatic heterocycles. The van der Waals surface area contributed by atoms with Crippen molar-refractivity contribution in [1.82, 2.24) is 0 Å². The molecule has 2 nitrogen and oxygen atoms in total. The standard InChI is InChI=1S/C17H15F12IO2/c1-14(2,3)13(31-4)8(17(27,28)29)12(32-30)5-6(15(21,22)23)10(19)7(16(24,25)26)11(20)9(5)18/h8,12-13H,1-4H3. The van der Waals surface area contributed by atoms with Crippen LogP contribution in [0.3, 0.4) is 0 Å². The van der Waals surface area contributed by atoms with Gasteiger partial charge in [-0.3, -0.25) is 0 Å². The zero-order valence-electron chi connectivity index (χ0n) is 16.5. The highest BCUT2D eigenvalue weighted by Gasteiger charge is 2.58. The molecule has 1 aromatic carbocycles. The third kappa shape index (κ3) is 5.74. The average Bonchev–Trinajstić information content (AvgIpc) is 2.54. The Labute approximate surface area is 187 Å². The maximum Gasteiger partial charge on any atom is 0.422 e. The summed E-state index contributed by atoms with van der Waals surface area (Å²) < 4.78 is 173. The number of alkyl halides is 9. The smallest absolute Gasteiger partial charge is 0.380 e. The Balaban J connectivity index is 4.17. The topological polar surface area (TPSA) is 18.5 Å². The van der Waals surface area contributed by atoms with Gasteiger partial charge in [-0.25, -0.2) is 13.2 Å². The average molecular weight is 606 g/mol. The van der Waals surface area contributed by atoms with Crippen molar-refractivity contribution >= 4 is 23.0 Å². The van der Waals surface area contributed by atoms with E-state index in [0.717, 1.165) is 7.11 Å². The molecule has 0 amide bonds. The van der Waals surface area contributed by atoms with E-state index in [0.29, 0.717) is 23.0 Å². The fourth-order valence-electron chi connectivity index (χ4n) is 3.29. The van der Waals surface area contributed by atoms with Gasteiger partial charge in [0.15, 0.2) is 17.5 Å². The van der Waals surface area contributed by atoms with Gasteiger partial charge in [0.1, 0.15) is 46.2 Å². The maximum atomic E-state index is 14.6. The minimum Gasteiger partial charge on any atom is -0.380 e. The third-order valence-corrected chi connectivity index (χ3v) is 4.99. The molecule has 0 aromatic heterocycles. The highest BCUT2D eigenvalue weighted by molar-refractivity contribution is 14.1. The van der Waals surface area contributed by atoms with Gasteiger partial charge < -0.3 is 7.80 Å². The van der Waals surface area contributed by atoms with Crippen molar-refractivity contribution in [3.63, 3.8) is 0 Å². The summed E-state index contributed by atoms with van der Waals surface area (Å²) in [6.07, 6.45) is -23.0. The minimum atomic E-state index is -6.15. The molecule has 0 fully saturated rings. The van der Waals surface area contributed by atoms with E-state index in [1.54, 1.807) is 0 Å². The van der Waals surface area contributed by atoms with Gasteiger partial charge in [-0.2, -0.15) is 39.5 Å². The van der Waals surface area contributed by atoms with Gasteiger partial charge in [0.25, 0.3) is 0 Å². The van der Waals surface area contributed by atoms with Gasteiger partial charge in [-0.15, -0.1) is 0 Å². The highest BCUT2D eigenvalue weighted by Crippen LogP contribution is 2.52. The number of ether oxygens (including phenoxy) is 1. The second kappa shape index (κ2) is 9.35. The molecular formula is C17H15F12IO2. The molecule has 15 heteroatoms. The molecule has 0 saturated carbocycles. The predicted molar refractivity (Wildman–Crippen MR) is 94.0 cm³/mol. The molecule has 0 aliphatic carbocycles. The Morgan fingerprint density at radius 1 is 0.719 bits per heavy atom. The summed E-state index contributed by atoms with van der Waals surface area (Å²) in [4.78, 5) is 0. The predicted octanol–water partition coefficient (Wildman–Crippen LogP) is 7.79. The fraction of sp³-hybridized carbons (Fsp3) is 0.647. The number of methoxy groups -OCH3 is 1.